The fourth-order valence-electron chi connectivity index (χ4n) is 1.98. The molecule has 21 heavy (non-hydrogen) atoms. The molecule has 0 aliphatic carbocycles. The summed E-state index contributed by atoms with van der Waals surface area (Å²) >= 11 is 5.80. The Morgan fingerprint density at radius 2 is 2.05 bits per heavy atom. The average Bonchev–Trinajstić information content (AvgIpc) is 2.47. The van der Waals surface area contributed by atoms with Crippen LogP contribution < -0.4 is 5.32 Å². The second kappa shape index (κ2) is 7.06. The zero-order chi connectivity index (χ0) is 15.2. The fourth-order valence-corrected chi connectivity index (χ4v) is 2.17. The van der Waals surface area contributed by atoms with E-state index in [4.69, 9.17) is 16.3 Å². The highest BCUT2D eigenvalue weighted by atomic mass is 35.5. The molecule has 6 heteroatoms. The van der Waals surface area contributed by atoms with E-state index in [0.29, 0.717) is 13.2 Å². The Labute approximate surface area is 127 Å². The van der Waals surface area contributed by atoms with Gasteiger partial charge in [-0.25, -0.2) is 0 Å². The summed E-state index contributed by atoms with van der Waals surface area (Å²) in [7, 11) is 1.64. The molecule has 0 atom stereocenters. The largest absolute Gasteiger partial charge is 0.381 e. The van der Waals surface area contributed by atoms with Crippen molar-refractivity contribution in [2.24, 2.45) is 0 Å². The summed E-state index contributed by atoms with van der Waals surface area (Å²) in [5.41, 5.74) is 2.68. The van der Waals surface area contributed by atoms with Crippen LogP contribution in [-0.4, -0.2) is 12.0 Å². The molecule has 0 radical (unpaired) electrons. The lowest BCUT2D eigenvalue weighted by Gasteiger charge is -2.11. The molecule has 2 rings (SSSR count). The Hall–Kier alpha value is -2.11. The number of para-hydroxylation sites is 1. The van der Waals surface area contributed by atoms with Crippen molar-refractivity contribution in [1.82, 2.24) is 0 Å². The molecule has 1 N–H and O–H groups in total. The number of rotatable bonds is 6. The van der Waals surface area contributed by atoms with Crippen LogP contribution in [0.15, 0.2) is 42.5 Å². The molecule has 0 aliphatic rings. The van der Waals surface area contributed by atoms with Gasteiger partial charge in [0.2, 0.25) is 0 Å². The molecular formula is C15H15ClN2O3. The summed E-state index contributed by atoms with van der Waals surface area (Å²) in [5, 5.41) is 14.3. The Bertz CT molecular complexity index is 647. The van der Waals surface area contributed by atoms with Crippen molar-refractivity contribution < 1.29 is 9.66 Å². The van der Waals surface area contributed by atoms with Gasteiger partial charge in [-0.2, -0.15) is 0 Å². The second-order valence-corrected chi connectivity index (χ2v) is 4.89. The quantitative estimate of drug-likeness (QED) is 0.647. The van der Waals surface area contributed by atoms with E-state index >= 15 is 0 Å². The smallest absolute Gasteiger partial charge is 0.288 e. The SMILES string of the molecule is COCc1ccccc1NCc1ccc(Cl)c([N+](=O)[O-])c1. The van der Waals surface area contributed by atoms with Gasteiger partial charge in [-0.05, 0) is 17.7 Å². The minimum Gasteiger partial charge on any atom is -0.381 e. The summed E-state index contributed by atoms with van der Waals surface area (Å²) in [6, 6.07) is 12.6. The lowest BCUT2D eigenvalue weighted by atomic mass is 10.1. The van der Waals surface area contributed by atoms with Gasteiger partial charge in [0, 0.05) is 31.0 Å². The Morgan fingerprint density at radius 1 is 1.29 bits per heavy atom. The van der Waals surface area contributed by atoms with E-state index in [-0.39, 0.29) is 10.7 Å². The Kier molecular flexibility index (Phi) is 5.14. The number of nitrogens with zero attached hydrogens (tertiary/aromatic N) is 1. The van der Waals surface area contributed by atoms with Crippen molar-refractivity contribution >= 4 is 23.0 Å². The lowest BCUT2D eigenvalue weighted by Crippen LogP contribution is -2.03. The van der Waals surface area contributed by atoms with Gasteiger partial charge in [0.15, 0.2) is 0 Å². The third-order valence-corrected chi connectivity index (χ3v) is 3.33. The molecule has 0 spiro atoms. The number of nitrogens with one attached hydrogen (secondary N) is 1. The third kappa shape index (κ3) is 3.93. The topological polar surface area (TPSA) is 64.4 Å². The molecule has 0 fully saturated rings. The van der Waals surface area contributed by atoms with Crippen molar-refractivity contribution in [2.45, 2.75) is 13.2 Å². The first-order valence-electron chi connectivity index (χ1n) is 6.35. The number of anilines is 1. The van der Waals surface area contributed by atoms with Gasteiger partial charge in [0.25, 0.3) is 5.69 Å². The minimum absolute atomic E-state index is 0.0823. The molecule has 2 aromatic rings. The molecule has 5 nitrogen and oxygen atoms in total. The first-order chi connectivity index (χ1) is 10.1. The van der Waals surface area contributed by atoms with Crippen molar-refractivity contribution in [3.05, 3.63) is 68.7 Å². The van der Waals surface area contributed by atoms with Gasteiger partial charge in [-0.3, -0.25) is 10.1 Å². The predicted octanol–water partition coefficient (Wildman–Crippen LogP) is 4.01. The van der Waals surface area contributed by atoms with Crippen molar-refractivity contribution in [1.29, 1.82) is 0 Å². The number of hydrogen-bond donors (Lipinski definition) is 1. The normalized spacial score (nSPS) is 10.4. The first kappa shape index (κ1) is 15.3. The van der Waals surface area contributed by atoms with Crippen LogP contribution in [0.2, 0.25) is 5.02 Å². The van der Waals surface area contributed by atoms with Gasteiger partial charge in [-0.1, -0.05) is 35.9 Å². The lowest BCUT2D eigenvalue weighted by molar-refractivity contribution is -0.384. The molecule has 2 aromatic carbocycles. The molecule has 0 saturated carbocycles. The van der Waals surface area contributed by atoms with E-state index < -0.39 is 4.92 Å². The molecule has 0 heterocycles. The van der Waals surface area contributed by atoms with E-state index in [9.17, 15) is 10.1 Å². The maximum absolute atomic E-state index is 10.9. The molecule has 0 aromatic heterocycles. The van der Waals surface area contributed by atoms with Crippen LogP contribution in [0.1, 0.15) is 11.1 Å². The monoisotopic (exact) mass is 306 g/mol. The van der Waals surface area contributed by atoms with Crippen LogP contribution >= 0.6 is 11.6 Å². The third-order valence-electron chi connectivity index (χ3n) is 3.01. The maximum atomic E-state index is 10.9. The van der Waals surface area contributed by atoms with Gasteiger partial charge in [0.1, 0.15) is 5.02 Å². The predicted molar refractivity (Wildman–Crippen MR) is 82.6 cm³/mol. The second-order valence-electron chi connectivity index (χ2n) is 4.49. The number of hydrogen-bond acceptors (Lipinski definition) is 4. The minimum atomic E-state index is -0.481. The van der Waals surface area contributed by atoms with Crippen LogP contribution in [-0.2, 0) is 17.9 Å². The number of nitro groups is 1. The van der Waals surface area contributed by atoms with Gasteiger partial charge in [0.05, 0.1) is 11.5 Å². The van der Waals surface area contributed by atoms with Crippen molar-refractivity contribution in [2.75, 3.05) is 12.4 Å². The van der Waals surface area contributed by atoms with E-state index in [1.54, 1.807) is 13.2 Å². The van der Waals surface area contributed by atoms with E-state index in [1.165, 1.54) is 12.1 Å². The van der Waals surface area contributed by atoms with E-state index in [2.05, 4.69) is 5.32 Å². The first-order valence-corrected chi connectivity index (χ1v) is 6.73. The van der Waals surface area contributed by atoms with Crippen molar-refractivity contribution in [3.8, 4) is 0 Å². The number of ether oxygens (including phenoxy) is 1. The number of benzene rings is 2. The molecule has 0 bridgehead atoms. The highest BCUT2D eigenvalue weighted by Gasteiger charge is 2.12. The standard InChI is InChI=1S/C15H15ClN2O3/c1-21-10-12-4-2-3-5-14(12)17-9-11-6-7-13(16)15(8-11)18(19)20/h2-8,17H,9-10H2,1H3. The van der Waals surface area contributed by atoms with Crippen LogP contribution in [0.5, 0.6) is 0 Å². The summed E-state index contributed by atoms with van der Waals surface area (Å²) in [4.78, 5) is 10.4. The molecule has 0 aliphatic heterocycles. The number of methoxy groups -OCH3 is 1. The van der Waals surface area contributed by atoms with E-state index in [0.717, 1.165) is 16.8 Å². The summed E-state index contributed by atoms with van der Waals surface area (Å²) in [6.07, 6.45) is 0. The van der Waals surface area contributed by atoms with Crippen LogP contribution in [0.3, 0.4) is 0 Å². The van der Waals surface area contributed by atoms with Crippen LogP contribution in [0.25, 0.3) is 0 Å². The van der Waals surface area contributed by atoms with Crippen LogP contribution in [0.4, 0.5) is 11.4 Å². The van der Waals surface area contributed by atoms with Gasteiger partial charge in [-0.15, -0.1) is 0 Å². The Balaban J connectivity index is 2.13. The molecule has 110 valence electrons. The summed E-state index contributed by atoms with van der Waals surface area (Å²) in [5.74, 6) is 0. The zero-order valence-electron chi connectivity index (χ0n) is 11.5. The zero-order valence-corrected chi connectivity index (χ0v) is 12.3. The maximum Gasteiger partial charge on any atom is 0.288 e. The summed E-state index contributed by atoms with van der Waals surface area (Å²) < 4.78 is 5.14. The highest BCUT2D eigenvalue weighted by Crippen LogP contribution is 2.25. The number of nitro benzene ring substituents is 1. The summed E-state index contributed by atoms with van der Waals surface area (Å²) in [6.45, 7) is 0.975. The highest BCUT2D eigenvalue weighted by molar-refractivity contribution is 6.32. The molecule has 0 saturated heterocycles. The van der Waals surface area contributed by atoms with Gasteiger partial charge < -0.3 is 10.1 Å². The van der Waals surface area contributed by atoms with Crippen LogP contribution in [0, 0.1) is 10.1 Å². The number of halogens is 1. The van der Waals surface area contributed by atoms with Gasteiger partial charge >= 0.3 is 0 Å². The molecular weight excluding hydrogens is 292 g/mol. The van der Waals surface area contributed by atoms with Crippen molar-refractivity contribution in [3.63, 3.8) is 0 Å². The fraction of sp³-hybridized carbons (Fsp3) is 0.200. The van der Waals surface area contributed by atoms with E-state index in [1.807, 2.05) is 24.3 Å². The average molecular weight is 307 g/mol. The Morgan fingerprint density at radius 3 is 2.76 bits per heavy atom. The molecule has 0 amide bonds. The molecule has 0 unspecified atom stereocenters.